The maximum atomic E-state index is 12.2. The van der Waals surface area contributed by atoms with Gasteiger partial charge in [0.2, 0.25) is 0 Å². The van der Waals surface area contributed by atoms with E-state index in [4.69, 9.17) is 11.6 Å². The number of amidine groups is 1. The Balaban J connectivity index is 1.91. The molecule has 2 aliphatic rings. The molecular formula is C22H26ClN2O+. The first kappa shape index (κ1) is 17.6. The summed E-state index contributed by atoms with van der Waals surface area (Å²) >= 11 is 6.12. The highest BCUT2D eigenvalue weighted by molar-refractivity contribution is 6.30. The highest BCUT2D eigenvalue weighted by Gasteiger charge is 2.60. The molecule has 2 aliphatic heterocycles. The van der Waals surface area contributed by atoms with Gasteiger partial charge in [-0.3, -0.25) is 4.58 Å². The Labute approximate surface area is 160 Å². The van der Waals surface area contributed by atoms with Crippen LogP contribution in [0.5, 0.6) is 0 Å². The fourth-order valence-electron chi connectivity index (χ4n) is 4.60. The lowest BCUT2D eigenvalue weighted by atomic mass is 9.91. The summed E-state index contributed by atoms with van der Waals surface area (Å²) in [5.74, 6) is 1.25. The lowest BCUT2D eigenvalue weighted by Gasteiger charge is -2.33. The Morgan fingerprint density at radius 2 is 1.81 bits per heavy atom. The van der Waals surface area contributed by atoms with Crippen molar-refractivity contribution < 1.29 is 9.68 Å². The summed E-state index contributed by atoms with van der Waals surface area (Å²) in [5.41, 5.74) is 0.855. The molecule has 2 aromatic carbocycles. The van der Waals surface area contributed by atoms with Gasteiger partial charge in [0.1, 0.15) is 5.69 Å². The summed E-state index contributed by atoms with van der Waals surface area (Å²) in [7, 11) is 0. The molecule has 4 rings (SSSR count). The van der Waals surface area contributed by atoms with Gasteiger partial charge >= 0.3 is 0 Å². The van der Waals surface area contributed by atoms with Crippen LogP contribution < -0.4 is 4.90 Å². The van der Waals surface area contributed by atoms with Crippen LogP contribution in [0.4, 0.5) is 5.69 Å². The fraction of sp³-hybridized carbons (Fsp3) is 0.409. The minimum Gasteiger partial charge on any atom is -0.346 e. The summed E-state index contributed by atoms with van der Waals surface area (Å²) < 4.78 is 2.45. The smallest absolute Gasteiger partial charge is 0.278 e. The molecule has 0 aliphatic carbocycles. The Morgan fingerprint density at radius 1 is 1.08 bits per heavy atom. The summed E-state index contributed by atoms with van der Waals surface area (Å²) in [4.78, 5) is 2.18. The molecule has 0 aromatic heterocycles. The van der Waals surface area contributed by atoms with Crippen molar-refractivity contribution in [2.24, 2.45) is 0 Å². The van der Waals surface area contributed by atoms with Crippen LogP contribution in [0, 0.1) is 0 Å². The maximum Gasteiger partial charge on any atom is 0.278 e. The van der Waals surface area contributed by atoms with E-state index in [2.05, 4.69) is 28.5 Å². The molecule has 0 unspecified atom stereocenters. The van der Waals surface area contributed by atoms with E-state index < -0.39 is 5.72 Å². The van der Waals surface area contributed by atoms with Crippen molar-refractivity contribution in [2.45, 2.75) is 50.8 Å². The molecule has 4 heteroatoms. The van der Waals surface area contributed by atoms with Gasteiger partial charge in [-0.05, 0) is 49.9 Å². The van der Waals surface area contributed by atoms with E-state index in [-0.39, 0.29) is 6.04 Å². The topological polar surface area (TPSA) is 26.5 Å². The summed E-state index contributed by atoms with van der Waals surface area (Å²) in [5, 5.41) is 12.9. The second kappa shape index (κ2) is 7.05. The quantitative estimate of drug-likeness (QED) is 0.789. The van der Waals surface area contributed by atoms with Crippen molar-refractivity contribution >= 4 is 23.1 Å². The molecule has 0 saturated heterocycles. The SMILES string of the molecule is CC[C@H]1[N+]2=C(CCCCC2)N(c2ccccc2)[C@]1(O)c1ccc(Cl)cc1. The molecule has 0 fully saturated rings. The van der Waals surface area contributed by atoms with E-state index in [0.29, 0.717) is 5.02 Å². The lowest BCUT2D eigenvalue weighted by Crippen LogP contribution is -2.52. The van der Waals surface area contributed by atoms with Gasteiger partial charge in [-0.1, -0.05) is 48.9 Å². The van der Waals surface area contributed by atoms with Crippen LogP contribution in [-0.2, 0) is 5.72 Å². The largest absolute Gasteiger partial charge is 0.346 e. The number of hydrogen-bond donors (Lipinski definition) is 1. The molecule has 3 nitrogen and oxygen atoms in total. The van der Waals surface area contributed by atoms with Crippen molar-refractivity contribution in [1.29, 1.82) is 0 Å². The minimum absolute atomic E-state index is 0.0250. The Morgan fingerprint density at radius 3 is 2.50 bits per heavy atom. The molecule has 0 radical (unpaired) electrons. The van der Waals surface area contributed by atoms with Gasteiger partial charge < -0.3 is 5.11 Å². The van der Waals surface area contributed by atoms with E-state index in [1.165, 1.54) is 25.1 Å². The van der Waals surface area contributed by atoms with Gasteiger partial charge in [-0.25, -0.2) is 0 Å². The molecule has 2 atom stereocenters. The summed E-state index contributed by atoms with van der Waals surface area (Å²) in [6.45, 7) is 3.18. The fourth-order valence-corrected chi connectivity index (χ4v) is 4.72. The number of hydrogen-bond acceptors (Lipinski definition) is 2. The predicted octanol–water partition coefficient (Wildman–Crippen LogP) is 4.77. The first-order chi connectivity index (χ1) is 12.7. The predicted molar refractivity (Wildman–Crippen MR) is 107 cm³/mol. The van der Waals surface area contributed by atoms with Crippen molar-refractivity contribution in [3.63, 3.8) is 0 Å². The first-order valence-corrected chi connectivity index (χ1v) is 10.00. The third-order valence-electron chi connectivity index (χ3n) is 5.74. The van der Waals surface area contributed by atoms with Crippen LogP contribution in [0.3, 0.4) is 0 Å². The summed E-state index contributed by atoms with van der Waals surface area (Å²) in [6, 6.07) is 18.0. The molecule has 0 bridgehead atoms. The molecule has 2 aromatic rings. The van der Waals surface area contributed by atoms with Crippen molar-refractivity contribution in [1.82, 2.24) is 0 Å². The van der Waals surface area contributed by atoms with Gasteiger partial charge in [-0.15, -0.1) is 0 Å². The average Bonchev–Trinajstić information content (AvgIpc) is 2.79. The number of anilines is 1. The maximum absolute atomic E-state index is 12.2. The second-order valence-corrected chi connectivity index (χ2v) is 7.68. The number of aliphatic hydroxyl groups is 1. The highest BCUT2D eigenvalue weighted by Crippen LogP contribution is 2.43. The van der Waals surface area contributed by atoms with Crippen molar-refractivity contribution in [2.75, 3.05) is 11.4 Å². The van der Waals surface area contributed by atoms with Crippen molar-refractivity contribution in [3.8, 4) is 0 Å². The van der Waals surface area contributed by atoms with E-state index >= 15 is 0 Å². The first-order valence-electron chi connectivity index (χ1n) is 9.62. The number of nitrogens with zero attached hydrogens (tertiary/aromatic N) is 2. The Hall–Kier alpha value is -1.84. The molecular weight excluding hydrogens is 344 g/mol. The standard InChI is InChI=1S/C22H26ClN2O/c1-2-20-22(26,17-12-14-18(23)15-13-17)25(19-9-5-3-6-10-19)21-11-7-4-8-16-24(20)21/h3,5-6,9-10,12-15,20,26H,2,4,7-8,11,16H2,1H3/q+1/t20-,22+/m1/s1. The summed E-state index contributed by atoms with van der Waals surface area (Å²) in [6.07, 6.45) is 5.48. The molecule has 26 heavy (non-hydrogen) atoms. The van der Waals surface area contributed by atoms with Crippen LogP contribution in [0.15, 0.2) is 54.6 Å². The highest BCUT2D eigenvalue weighted by atomic mass is 35.5. The van der Waals surface area contributed by atoms with Gasteiger partial charge in [0.25, 0.3) is 11.6 Å². The van der Waals surface area contributed by atoms with E-state index in [0.717, 1.165) is 30.6 Å². The van der Waals surface area contributed by atoms with Gasteiger partial charge in [0, 0.05) is 17.0 Å². The Kier molecular flexibility index (Phi) is 4.76. The number of para-hydroxylation sites is 1. The zero-order valence-electron chi connectivity index (χ0n) is 15.2. The van der Waals surface area contributed by atoms with Crippen LogP contribution in [0.2, 0.25) is 5.02 Å². The van der Waals surface area contributed by atoms with Crippen LogP contribution in [-0.4, -0.2) is 28.1 Å². The molecule has 0 spiro atoms. The minimum atomic E-state index is -1.09. The van der Waals surface area contributed by atoms with Crippen LogP contribution in [0.1, 0.15) is 44.6 Å². The molecule has 136 valence electrons. The van der Waals surface area contributed by atoms with E-state index in [1.807, 2.05) is 42.5 Å². The average molecular weight is 370 g/mol. The lowest BCUT2D eigenvalue weighted by molar-refractivity contribution is -0.575. The molecule has 1 N–H and O–H groups in total. The van der Waals surface area contributed by atoms with Gasteiger partial charge in [0.05, 0.1) is 6.54 Å². The number of benzene rings is 2. The van der Waals surface area contributed by atoms with E-state index in [1.54, 1.807) is 0 Å². The molecule has 0 saturated carbocycles. The monoisotopic (exact) mass is 369 g/mol. The number of halogens is 1. The van der Waals surface area contributed by atoms with Gasteiger partial charge in [-0.2, -0.15) is 4.90 Å². The Bertz CT molecular complexity index is 803. The second-order valence-electron chi connectivity index (χ2n) is 7.25. The van der Waals surface area contributed by atoms with Crippen LogP contribution in [0.25, 0.3) is 0 Å². The van der Waals surface area contributed by atoms with Crippen LogP contribution >= 0.6 is 11.6 Å². The zero-order chi connectivity index (χ0) is 18.1. The third-order valence-corrected chi connectivity index (χ3v) is 5.99. The number of rotatable bonds is 3. The van der Waals surface area contributed by atoms with E-state index in [9.17, 15) is 5.11 Å². The molecule has 2 heterocycles. The van der Waals surface area contributed by atoms with Crippen molar-refractivity contribution in [3.05, 3.63) is 65.2 Å². The van der Waals surface area contributed by atoms with Gasteiger partial charge in [0.15, 0.2) is 6.04 Å². The third kappa shape index (κ3) is 2.74. The normalized spacial score (nSPS) is 26.0. The molecule has 0 amide bonds. The zero-order valence-corrected chi connectivity index (χ0v) is 16.0.